The van der Waals surface area contributed by atoms with Gasteiger partial charge in [-0.1, -0.05) is 6.42 Å². The number of methoxy groups -OCH3 is 1. The van der Waals surface area contributed by atoms with E-state index < -0.39 is 6.09 Å². The number of carbonyl (C=O) groups excluding carboxylic acids is 3. The zero-order valence-electron chi connectivity index (χ0n) is 18.8. The Kier molecular flexibility index (Phi) is 7.14. The molecule has 4 rings (SSSR count). The van der Waals surface area contributed by atoms with Gasteiger partial charge in [0.15, 0.2) is 0 Å². The van der Waals surface area contributed by atoms with Gasteiger partial charge in [0.1, 0.15) is 0 Å². The third-order valence-corrected chi connectivity index (χ3v) is 6.67. The molecule has 9 nitrogen and oxygen atoms in total. The predicted octanol–water partition coefficient (Wildman–Crippen LogP) is 1.75. The Bertz CT molecular complexity index is 851. The van der Waals surface area contributed by atoms with Crippen molar-refractivity contribution in [2.75, 3.05) is 69.7 Å². The van der Waals surface area contributed by atoms with Crippen LogP contribution in [0.2, 0.25) is 0 Å². The Morgan fingerprint density at radius 3 is 2.44 bits per heavy atom. The number of ether oxygens (including phenoxy) is 1. The van der Waals surface area contributed by atoms with Crippen LogP contribution >= 0.6 is 0 Å². The van der Waals surface area contributed by atoms with Crippen molar-refractivity contribution in [1.29, 1.82) is 0 Å². The second kappa shape index (κ2) is 10.2. The number of rotatable bonds is 4. The molecule has 0 aromatic heterocycles. The molecule has 1 saturated carbocycles. The van der Waals surface area contributed by atoms with Crippen LogP contribution in [-0.2, 0) is 9.53 Å². The van der Waals surface area contributed by atoms with Gasteiger partial charge in [0.05, 0.1) is 18.5 Å². The summed E-state index contributed by atoms with van der Waals surface area (Å²) in [5.74, 6) is 0.440. The first-order valence-electron chi connectivity index (χ1n) is 11.6. The van der Waals surface area contributed by atoms with E-state index in [2.05, 4.69) is 15.5 Å². The van der Waals surface area contributed by atoms with Crippen molar-refractivity contribution in [3.63, 3.8) is 0 Å². The number of hydrogen-bond donors (Lipinski definition) is 2. The molecule has 9 heteroatoms. The molecule has 174 valence electrons. The number of nitrogens with zero attached hydrogens (tertiary/aromatic N) is 3. The van der Waals surface area contributed by atoms with E-state index in [4.69, 9.17) is 4.74 Å². The van der Waals surface area contributed by atoms with Crippen LogP contribution in [0.1, 0.15) is 36.0 Å². The third kappa shape index (κ3) is 4.98. The van der Waals surface area contributed by atoms with Crippen molar-refractivity contribution in [1.82, 2.24) is 15.1 Å². The maximum absolute atomic E-state index is 13.0. The van der Waals surface area contributed by atoms with Gasteiger partial charge < -0.3 is 24.8 Å². The SMILES string of the molecule is COC(=O)Nc1cc(C(=O)N2CCNCC2)ccc1N1CCCN(C(=O)C2CCC2)CC1. The molecule has 3 aliphatic rings. The Labute approximate surface area is 189 Å². The molecular weight excluding hydrogens is 410 g/mol. The van der Waals surface area contributed by atoms with Gasteiger partial charge in [-0.2, -0.15) is 0 Å². The van der Waals surface area contributed by atoms with Crippen LogP contribution in [0.3, 0.4) is 0 Å². The van der Waals surface area contributed by atoms with Crippen molar-refractivity contribution >= 4 is 29.3 Å². The van der Waals surface area contributed by atoms with Crippen LogP contribution < -0.4 is 15.5 Å². The zero-order valence-corrected chi connectivity index (χ0v) is 18.8. The van der Waals surface area contributed by atoms with Crippen LogP contribution in [0.4, 0.5) is 16.2 Å². The van der Waals surface area contributed by atoms with E-state index in [0.29, 0.717) is 37.4 Å². The standard InChI is InChI=1S/C23H33N5O4/c1-32-23(31)25-19-16-18(22(30)28-12-8-24-9-13-28)6-7-20(19)26-10-3-11-27(15-14-26)21(29)17-4-2-5-17/h6-7,16-17,24H,2-5,8-15H2,1H3,(H,25,31). The fourth-order valence-electron chi connectivity index (χ4n) is 4.55. The first-order valence-corrected chi connectivity index (χ1v) is 11.6. The number of carbonyl (C=O) groups is 3. The topological polar surface area (TPSA) is 94.2 Å². The van der Waals surface area contributed by atoms with E-state index in [1.54, 1.807) is 6.07 Å². The molecule has 0 unspecified atom stereocenters. The second-order valence-electron chi connectivity index (χ2n) is 8.68. The highest BCUT2D eigenvalue weighted by molar-refractivity contribution is 5.98. The second-order valence-corrected chi connectivity index (χ2v) is 8.68. The summed E-state index contributed by atoms with van der Waals surface area (Å²) in [4.78, 5) is 43.6. The van der Waals surface area contributed by atoms with Crippen molar-refractivity contribution in [3.05, 3.63) is 23.8 Å². The first-order chi connectivity index (χ1) is 15.6. The molecule has 0 atom stereocenters. The summed E-state index contributed by atoms with van der Waals surface area (Å²) in [6, 6.07) is 5.45. The van der Waals surface area contributed by atoms with Crippen molar-refractivity contribution in [2.24, 2.45) is 5.92 Å². The minimum Gasteiger partial charge on any atom is -0.453 e. The summed E-state index contributed by atoms with van der Waals surface area (Å²) < 4.78 is 4.81. The minimum absolute atomic E-state index is 0.0425. The van der Waals surface area contributed by atoms with Gasteiger partial charge in [-0.3, -0.25) is 14.9 Å². The summed E-state index contributed by atoms with van der Waals surface area (Å²) in [7, 11) is 1.32. The number of anilines is 2. The average Bonchev–Trinajstić information content (AvgIpc) is 3.04. The number of nitrogens with one attached hydrogen (secondary N) is 2. The summed E-state index contributed by atoms with van der Waals surface area (Å²) in [5, 5.41) is 6.03. The lowest BCUT2D eigenvalue weighted by atomic mass is 9.84. The fraction of sp³-hybridized carbons (Fsp3) is 0.609. The summed E-state index contributed by atoms with van der Waals surface area (Å²) >= 11 is 0. The van der Waals surface area contributed by atoms with Gasteiger partial charge in [0.2, 0.25) is 5.91 Å². The lowest BCUT2D eigenvalue weighted by Gasteiger charge is -2.31. The Balaban J connectivity index is 1.51. The van der Waals surface area contributed by atoms with Crippen LogP contribution in [0.25, 0.3) is 0 Å². The maximum atomic E-state index is 13.0. The molecule has 2 heterocycles. The van der Waals surface area contributed by atoms with Gasteiger partial charge in [-0.25, -0.2) is 4.79 Å². The number of piperazine rings is 1. The molecule has 2 aliphatic heterocycles. The molecule has 3 fully saturated rings. The van der Waals surface area contributed by atoms with Crippen LogP contribution in [0.5, 0.6) is 0 Å². The van der Waals surface area contributed by atoms with Crippen molar-refractivity contribution in [3.8, 4) is 0 Å². The van der Waals surface area contributed by atoms with Crippen molar-refractivity contribution < 1.29 is 19.1 Å². The first kappa shape index (κ1) is 22.4. The highest BCUT2D eigenvalue weighted by Crippen LogP contribution is 2.31. The van der Waals surface area contributed by atoms with Crippen LogP contribution in [0, 0.1) is 5.92 Å². The van der Waals surface area contributed by atoms with Crippen LogP contribution in [-0.4, -0.2) is 87.2 Å². The third-order valence-electron chi connectivity index (χ3n) is 6.67. The molecule has 0 bridgehead atoms. The fourth-order valence-corrected chi connectivity index (χ4v) is 4.55. The monoisotopic (exact) mass is 443 g/mol. The molecule has 32 heavy (non-hydrogen) atoms. The van der Waals surface area contributed by atoms with Crippen molar-refractivity contribution in [2.45, 2.75) is 25.7 Å². The number of hydrogen-bond acceptors (Lipinski definition) is 6. The van der Waals surface area contributed by atoms with Gasteiger partial charge in [-0.15, -0.1) is 0 Å². The van der Waals surface area contributed by atoms with E-state index in [1.807, 2.05) is 21.9 Å². The molecule has 0 spiro atoms. The van der Waals surface area contributed by atoms with E-state index in [0.717, 1.165) is 57.5 Å². The molecule has 1 aromatic carbocycles. The Morgan fingerprint density at radius 2 is 1.75 bits per heavy atom. The van der Waals surface area contributed by atoms with E-state index in [1.165, 1.54) is 7.11 Å². The molecule has 3 amide bonds. The summed E-state index contributed by atoms with van der Waals surface area (Å²) in [5.41, 5.74) is 1.93. The van der Waals surface area contributed by atoms with Gasteiger partial charge >= 0.3 is 6.09 Å². The smallest absolute Gasteiger partial charge is 0.411 e. The molecule has 1 aromatic rings. The Morgan fingerprint density at radius 1 is 0.969 bits per heavy atom. The number of amides is 3. The Hall–Kier alpha value is -2.81. The highest BCUT2D eigenvalue weighted by Gasteiger charge is 2.31. The largest absolute Gasteiger partial charge is 0.453 e. The lowest BCUT2D eigenvalue weighted by molar-refractivity contribution is -0.137. The molecule has 2 saturated heterocycles. The highest BCUT2D eigenvalue weighted by atomic mass is 16.5. The lowest BCUT2D eigenvalue weighted by Crippen LogP contribution is -2.46. The normalized spacial score (nSPS) is 19.7. The molecular formula is C23H33N5O4. The van der Waals surface area contributed by atoms with Gasteiger partial charge in [-0.05, 0) is 37.5 Å². The van der Waals surface area contributed by atoms with Gasteiger partial charge in [0, 0.05) is 63.8 Å². The quantitative estimate of drug-likeness (QED) is 0.736. The van der Waals surface area contributed by atoms with Gasteiger partial charge in [0.25, 0.3) is 5.91 Å². The zero-order chi connectivity index (χ0) is 22.5. The predicted molar refractivity (Wildman–Crippen MR) is 122 cm³/mol. The average molecular weight is 444 g/mol. The molecule has 0 radical (unpaired) electrons. The summed E-state index contributed by atoms with van der Waals surface area (Å²) in [6.45, 7) is 5.75. The van der Waals surface area contributed by atoms with E-state index in [-0.39, 0.29) is 17.7 Å². The van der Waals surface area contributed by atoms with E-state index in [9.17, 15) is 14.4 Å². The summed E-state index contributed by atoms with van der Waals surface area (Å²) in [6.07, 6.45) is 3.45. The number of benzene rings is 1. The molecule has 1 aliphatic carbocycles. The van der Waals surface area contributed by atoms with Crippen LogP contribution in [0.15, 0.2) is 18.2 Å². The minimum atomic E-state index is -0.574. The molecule has 2 N–H and O–H groups in total. The maximum Gasteiger partial charge on any atom is 0.411 e. The van der Waals surface area contributed by atoms with E-state index >= 15 is 0 Å².